The van der Waals surface area contributed by atoms with Crippen molar-refractivity contribution in [3.63, 3.8) is 0 Å². The van der Waals surface area contributed by atoms with E-state index in [9.17, 15) is 18.8 Å². The van der Waals surface area contributed by atoms with Crippen molar-refractivity contribution in [2.24, 2.45) is 0 Å². The number of aryl methyl sites for hydroxylation is 2. The normalized spacial score (nSPS) is 14.4. The highest BCUT2D eigenvalue weighted by Crippen LogP contribution is 2.35. The van der Waals surface area contributed by atoms with Crippen molar-refractivity contribution in [2.45, 2.75) is 20.4 Å². The number of nitrogens with zero attached hydrogens (tertiary/aromatic N) is 1. The van der Waals surface area contributed by atoms with Gasteiger partial charge in [-0.1, -0.05) is 40.2 Å². The van der Waals surface area contributed by atoms with Crippen molar-refractivity contribution in [3.8, 4) is 5.75 Å². The van der Waals surface area contributed by atoms with E-state index in [1.807, 2.05) is 32.0 Å². The van der Waals surface area contributed by atoms with Crippen LogP contribution >= 0.6 is 27.7 Å². The molecular weight excluding hydrogens is 547 g/mol. The van der Waals surface area contributed by atoms with Gasteiger partial charge in [0.1, 0.15) is 11.6 Å². The third-order valence-electron chi connectivity index (χ3n) is 5.41. The fraction of sp³-hybridized carbons (Fsp3) is 0.148. The Morgan fingerprint density at radius 1 is 1.08 bits per heavy atom. The molecule has 1 aliphatic heterocycles. The summed E-state index contributed by atoms with van der Waals surface area (Å²) in [5.74, 6) is -0.776. The Balaban J connectivity index is 1.48. The maximum Gasteiger partial charge on any atom is 0.293 e. The van der Waals surface area contributed by atoms with Crippen LogP contribution in [0.15, 0.2) is 70.0 Å². The van der Waals surface area contributed by atoms with Gasteiger partial charge in [-0.3, -0.25) is 19.3 Å². The fourth-order valence-electron chi connectivity index (χ4n) is 3.51. The van der Waals surface area contributed by atoms with E-state index in [1.165, 1.54) is 24.3 Å². The van der Waals surface area contributed by atoms with Gasteiger partial charge in [0.25, 0.3) is 17.1 Å². The van der Waals surface area contributed by atoms with Crippen molar-refractivity contribution in [1.29, 1.82) is 0 Å². The summed E-state index contributed by atoms with van der Waals surface area (Å²) in [7, 11) is 0. The van der Waals surface area contributed by atoms with Crippen LogP contribution in [0.4, 0.5) is 14.9 Å². The molecular formula is C27H22BrFN2O4S. The van der Waals surface area contributed by atoms with E-state index < -0.39 is 17.0 Å². The van der Waals surface area contributed by atoms with Crippen LogP contribution in [0.1, 0.15) is 22.3 Å². The summed E-state index contributed by atoms with van der Waals surface area (Å²) in [6.45, 7) is 3.66. The highest BCUT2D eigenvalue weighted by atomic mass is 79.9. The minimum atomic E-state index is -0.451. The fourth-order valence-corrected chi connectivity index (χ4v) is 4.72. The van der Waals surface area contributed by atoms with Crippen LogP contribution in [0, 0.1) is 19.7 Å². The molecule has 3 aromatic rings. The van der Waals surface area contributed by atoms with E-state index in [1.54, 1.807) is 24.3 Å². The zero-order valence-corrected chi connectivity index (χ0v) is 21.9. The number of benzene rings is 3. The third-order valence-corrected chi connectivity index (χ3v) is 6.81. The van der Waals surface area contributed by atoms with Gasteiger partial charge in [0, 0.05) is 15.7 Å². The van der Waals surface area contributed by atoms with Crippen molar-refractivity contribution >= 4 is 56.5 Å². The summed E-state index contributed by atoms with van der Waals surface area (Å²) < 4.78 is 19.7. The lowest BCUT2D eigenvalue weighted by Gasteiger charge is -2.13. The van der Waals surface area contributed by atoms with E-state index in [0.29, 0.717) is 16.9 Å². The molecule has 3 aromatic carbocycles. The first-order valence-corrected chi connectivity index (χ1v) is 12.6. The van der Waals surface area contributed by atoms with Gasteiger partial charge in [0.05, 0.1) is 11.4 Å². The number of anilines is 1. The van der Waals surface area contributed by atoms with Crippen molar-refractivity contribution < 1.29 is 23.5 Å². The molecule has 36 heavy (non-hydrogen) atoms. The smallest absolute Gasteiger partial charge is 0.293 e. The molecule has 1 heterocycles. The van der Waals surface area contributed by atoms with Gasteiger partial charge >= 0.3 is 0 Å². The summed E-state index contributed by atoms with van der Waals surface area (Å²) >= 11 is 4.23. The molecule has 0 radical (unpaired) electrons. The molecule has 3 amide bonds. The molecule has 0 bridgehead atoms. The number of thioether (sulfide) groups is 1. The Kier molecular flexibility index (Phi) is 7.91. The Bertz CT molecular complexity index is 1370. The molecule has 1 saturated heterocycles. The average Bonchev–Trinajstić information content (AvgIpc) is 3.09. The Morgan fingerprint density at radius 2 is 1.83 bits per heavy atom. The number of nitrogens with one attached hydrogen (secondary N) is 1. The molecule has 1 N–H and O–H groups in total. The molecule has 0 atom stereocenters. The van der Waals surface area contributed by atoms with Crippen LogP contribution in [0.2, 0.25) is 0 Å². The molecule has 1 aliphatic rings. The van der Waals surface area contributed by atoms with E-state index in [0.717, 1.165) is 37.9 Å². The van der Waals surface area contributed by atoms with Gasteiger partial charge in [-0.2, -0.15) is 0 Å². The minimum Gasteiger partial charge on any atom is -0.483 e. The van der Waals surface area contributed by atoms with Gasteiger partial charge in [0.2, 0.25) is 0 Å². The first-order chi connectivity index (χ1) is 17.2. The molecule has 1 fully saturated rings. The van der Waals surface area contributed by atoms with E-state index in [-0.39, 0.29) is 24.0 Å². The van der Waals surface area contributed by atoms with Gasteiger partial charge in [-0.05, 0) is 84.8 Å². The molecule has 184 valence electrons. The summed E-state index contributed by atoms with van der Waals surface area (Å²) in [4.78, 5) is 39.3. The molecule has 0 aliphatic carbocycles. The van der Waals surface area contributed by atoms with Crippen molar-refractivity contribution in [3.05, 3.63) is 98.1 Å². The SMILES string of the molecule is Cc1ccc(C)c(NC(=O)COc2ccc(Br)cc2/C=C2\SC(=O)N(Cc3ccc(F)cc3)C2=O)c1. The van der Waals surface area contributed by atoms with Crippen LogP contribution in [0.5, 0.6) is 5.75 Å². The van der Waals surface area contributed by atoms with Crippen LogP contribution in [-0.4, -0.2) is 28.6 Å². The second kappa shape index (κ2) is 11.1. The second-order valence-corrected chi connectivity index (χ2v) is 10.1. The lowest BCUT2D eigenvalue weighted by molar-refractivity contribution is -0.123. The monoisotopic (exact) mass is 568 g/mol. The molecule has 6 nitrogen and oxygen atoms in total. The van der Waals surface area contributed by atoms with E-state index >= 15 is 0 Å². The molecule has 0 unspecified atom stereocenters. The number of hydrogen-bond acceptors (Lipinski definition) is 5. The topological polar surface area (TPSA) is 75.7 Å². The number of amides is 3. The zero-order chi connectivity index (χ0) is 25.8. The lowest BCUT2D eigenvalue weighted by Crippen LogP contribution is -2.27. The van der Waals surface area contributed by atoms with E-state index in [2.05, 4.69) is 21.2 Å². The third kappa shape index (κ3) is 6.22. The molecule has 4 rings (SSSR count). The van der Waals surface area contributed by atoms with Crippen LogP contribution in [0.25, 0.3) is 6.08 Å². The molecule has 0 spiro atoms. The number of carbonyl (C=O) groups excluding carboxylic acids is 3. The summed E-state index contributed by atoms with van der Waals surface area (Å²) in [5.41, 5.74) is 3.86. The number of imide groups is 1. The number of ether oxygens (including phenoxy) is 1. The zero-order valence-electron chi connectivity index (χ0n) is 19.5. The molecule has 0 aromatic heterocycles. The van der Waals surface area contributed by atoms with Gasteiger partial charge in [-0.25, -0.2) is 4.39 Å². The summed E-state index contributed by atoms with van der Waals surface area (Å²) in [6.07, 6.45) is 1.57. The number of halogens is 2. The van der Waals surface area contributed by atoms with Crippen molar-refractivity contribution in [1.82, 2.24) is 4.90 Å². The predicted molar refractivity (Wildman–Crippen MR) is 142 cm³/mol. The quantitative estimate of drug-likeness (QED) is 0.331. The largest absolute Gasteiger partial charge is 0.483 e. The van der Waals surface area contributed by atoms with Crippen LogP contribution < -0.4 is 10.1 Å². The van der Waals surface area contributed by atoms with Crippen molar-refractivity contribution in [2.75, 3.05) is 11.9 Å². The lowest BCUT2D eigenvalue weighted by atomic mass is 10.1. The van der Waals surface area contributed by atoms with Gasteiger partial charge < -0.3 is 10.1 Å². The molecule has 9 heteroatoms. The van der Waals surface area contributed by atoms with Crippen LogP contribution in [-0.2, 0) is 16.1 Å². The number of rotatable bonds is 7. The standard InChI is InChI=1S/C27H22BrFN2O4S/c1-16-3-4-17(2)22(11-16)30-25(32)15-35-23-10-7-20(28)12-19(23)13-24-26(33)31(27(34)36-24)14-18-5-8-21(29)9-6-18/h3-13H,14-15H2,1-2H3,(H,30,32)/b24-13-. The highest BCUT2D eigenvalue weighted by Gasteiger charge is 2.35. The maximum atomic E-state index is 13.2. The Morgan fingerprint density at radius 3 is 2.58 bits per heavy atom. The first-order valence-electron chi connectivity index (χ1n) is 11.0. The second-order valence-electron chi connectivity index (χ2n) is 8.23. The Hall–Kier alpha value is -3.43. The first kappa shape index (κ1) is 25.7. The van der Waals surface area contributed by atoms with Gasteiger partial charge in [0.15, 0.2) is 6.61 Å². The highest BCUT2D eigenvalue weighted by molar-refractivity contribution is 9.10. The average molecular weight is 569 g/mol. The summed E-state index contributed by atoms with van der Waals surface area (Å²) in [6, 6.07) is 16.6. The van der Waals surface area contributed by atoms with Gasteiger partial charge in [-0.15, -0.1) is 0 Å². The molecule has 0 saturated carbocycles. The van der Waals surface area contributed by atoms with E-state index in [4.69, 9.17) is 4.74 Å². The number of hydrogen-bond donors (Lipinski definition) is 1. The Labute approximate surface area is 220 Å². The maximum absolute atomic E-state index is 13.2. The minimum absolute atomic E-state index is 0.0443. The van der Waals surface area contributed by atoms with Crippen LogP contribution in [0.3, 0.4) is 0 Å². The number of carbonyl (C=O) groups is 3. The predicted octanol–water partition coefficient (Wildman–Crippen LogP) is 6.46. The summed E-state index contributed by atoms with van der Waals surface area (Å²) in [5, 5.41) is 2.43.